The third-order valence-electron chi connectivity index (χ3n) is 9.15. The maximum absolute atomic E-state index is 14.1. The van der Waals surface area contributed by atoms with Crippen LogP contribution < -0.4 is 10.6 Å². The van der Waals surface area contributed by atoms with E-state index in [1.165, 1.54) is 4.90 Å². The lowest BCUT2D eigenvalue weighted by atomic mass is 10.0. The fourth-order valence-electron chi connectivity index (χ4n) is 6.67. The average Bonchev–Trinajstić information content (AvgIpc) is 3.49. The molecule has 51 heavy (non-hydrogen) atoms. The summed E-state index contributed by atoms with van der Waals surface area (Å²) in [6.07, 6.45) is 4.91. The fraction of sp³-hybridized carbons (Fsp3) is 0.400. The third-order valence-corrected chi connectivity index (χ3v) is 9.15. The van der Waals surface area contributed by atoms with Crippen molar-refractivity contribution in [3.8, 4) is 0 Å². The number of rotatable bonds is 10. The molecule has 2 heterocycles. The Balaban J connectivity index is 1.31. The SMILES string of the molecule is Cc1cccc(C)c1C(=O)OCC(=O)C(CC(=O)OC(C)(C)C)NC(=O)C1CCC2C/C=C\CC(NC(=O)c3ccc4ccccc4c3)C(=O)N21. The van der Waals surface area contributed by atoms with Crippen LogP contribution in [0.15, 0.2) is 72.8 Å². The Hall–Kier alpha value is -5.32. The van der Waals surface area contributed by atoms with Crippen LogP contribution in [-0.4, -0.2) is 76.7 Å². The molecule has 0 saturated carbocycles. The first-order valence-corrected chi connectivity index (χ1v) is 17.3. The van der Waals surface area contributed by atoms with Gasteiger partial charge in [-0.3, -0.25) is 24.0 Å². The number of ketones is 1. The van der Waals surface area contributed by atoms with Gasteiger partial charge in [-0.05, 0) is 94.3 Å². The number of carbonyl (C=O) groups is 6. The van der Waals surface area contributed by atoms with Gasteiger partial charge in [0.25, 0.3) is 5.91 Å². The molecule has 0 bridgehead atoms. The second-order valence-electron chi connectivity index (χ2n) is 14.2. The molecule has 3 aromatic carbocycles. The van der Waals surface area contributed by atoms with Gasteiger partial charge < -0.3 is 25.0 Å². The second-order valence-corrected chi connectivity index (χ2v) is 14.2. The monoisotopic (exact) mass is 695 g/mol. The van der Waals surface area contributed by atoms with E-state index in [1.54, 1.807) is 65.0 Å². The number of amides is 3. The Morgan fingerprint density at radius 2 is 1.57 bits per heavy atom. The molecule has 2 aliphatic rings. The average molecular weight is 696 g/mol. The number of nitrogens with one attached hydrogen (secondary N) is 2. The third kappa shape index (κ3) is 9.08. The Morgan fingerprint density at radius 1 is 0.882 bits per heavy atom. The van der Waals surface area contributed by atoms with E-state index >= 15 is 0 Å². The maximum Gasteiger partial charge on any atom is 0.339 e. The molecule has 0 radical (unpaired) electrons. The van der Waals surface area contributed by atoms with Crippen molar-refractivity contribution in [1.29, 1.82) is 0 Å². The van der Waals surface area contributed by atoms with Crippen molar-refractivity contribution in [2.75, 3.05) is 6.61 Å². The van der Waals surface area contributed by atoms with Crippen molar-refractivity contribution in [2.24, 2.45) is 0 Å². The van der Waals surface area contributed by atoms with Gasteiger partial charge in [-0.1, -0.05) is 60.7 Å². The number of fused-ring (bicyclic) bond motifs is 2. The van der Waals surface area contributed by atoms with Crippen molar-refractivity contribution in [3.63, 3.8) is 0 Å². The highest BCUT2D eigenvalue weighted by Crippen LogP contribution is 2.30. The molecule has 4 unspecified atom stereocenters. The number of aryl methyl sites for hydroxylation is 2. The zero-order valence-electron chi connectivity index (χ0n) is 29.7. The van der Waals surface area contributed by atoms with E-state index in [1.807, 2.05) is 42.5 Å². The van der Waals surface area contributed by atoms with Crippen LogP contribution in [-0.2, 0) is 28.7 Å². The lowest BCUT2D eigenvalue weighted by Gasteiger charge is -2.34. The molecule has 3 amide bonds. The van der Waals surface area contributed by atoms with Crippen LogP contribution in [0.4, 0.5) is 0 Å². The predicted octanol–water partition coefficient (Wildman–Crippen LogP) is 4.91. The zero-order valence-corrected chi connectivity index (χ0v) is 29.7. The molecule has 2 N–H and O–H groups in total. The zero-order chi connectivity index (χ0) is 36.9. The highest BCUT2D eigenvalue weighted by atomic mass is 16.6. The molecule has 11 nitrogen and oxygen atoms in total. The summed E-state index contributed by atoms with van der Waals surface area (Å²) < 4.78 is 10.8. The Bertz CT molecular complexity index is 1860. The molecule has 268 valence electrons. The highest BCUT2D eigenvalue weighted by Gasteiger charge is 2.44. The van der Waals surface area contributed by atoms with Gasteiger partial charge in [0.2, 0.25) is 11.8 Å². The number of hydrogen-bond donors (Lipinski definition) is 2. The first-order chi connectivity index (χ1) is 24.2. The van der Waals surface area contributed by atoms with E-state index in [9.17, 15) is 28.8 Å². The van der Waals surface area contributed by atoms with Crippen LogP contribution in [0.3, 0.4) is 0 Å². The Kier molecular flexibility index (Phi) is 11.4. The molecular weight excluding hydrogens is 650 g/mol. The summed E-state index contributed by atoms with van der Waals surface area (Å²) in [6, 6.07) is 14.7. The lowest BCUT2D eigenvalue weighted by Crippen LogP contribution is -2.57. The van der Waals surface area contributed by atoms with E-state index in [-0.39, 0.29) is 12.5 Å². The molecule has 1 saturated heterocycles. The molecule has 1 fully saturated rings. The molecule has 0 aromatic heterocycles. The van der Waals surface area contributed by atoms with Crippen molar-refractivity contribution in [1.82, 2.24) is 15.5 Å². The van der Waals surface area contributed by atoms with Gasteiger partial charge in [0.15, 0.2) is 12.4 Å². The molecule has 5 rings (SSSR count). The number of benzene rings is 3. The van der Waals surface area contributed by atoms with Crippen LogP contribution >= 0.6 is 0 Å². The van der Waals surface area contributed by atoms with Crippen LogP contribution in [0.5, 0.6) is 0 Å². The number of hydrogen-bond acceptors (Lipinski definition) is 8. The standard InChI is InChI=1S/C40H45N3O8/c1-24-11-10-12-25(2)35(24)39(49)50-23-33(44)31(22-34(45)51-40(3,4)5)42-37(47)32-20-19-29-15-8-9-16-30(38(48)43(29)32)41-36(46)28-18-17-26-13-6-7-14-27(26)21-28/h6-14,17-18,21,29-32H,15-16,19-20,22-23H2,1-5H3,(H,41,46)(H,42,47)/b9-8-. The smallest absolute Gasteiger partial charge is 0.339 e. The van der Waals surface area contributed by atoms with E-state index in [2.05, 4.69) is 10.6 Å². The highest BCUT2D eigenvalue weighted by molar-refractivity contribution is 6.02. The molecule has 3 aromatic rings. The van der Waals surface area contributed by atoms with Gasteiger partial charge in [0.1, 0.15) is 23.7 Å². The molecule has 0 spiro atoms. The quantitative estimate of drug-likeness (QED) is 0.225. The lowest BCUT2D eigenvalue weighted by molar-refractivity contribution is -0.157. The minimum absolute atomic E-state index is 0.237. The van der Waals surface area contributed by atoms with Crippen molar-refractivity contribution in [3.05, 3.63) is 95.1 Å². The van der Waals surface area contributed by atoms with Crippen LogP contribution in [0.2, 0.25) is 0 Å². The number of nitrogens with zero attached hydrogens (tertiary/aromatic N) is 1. The Morgan fingerprint density at radius 3 is 2.27 bits per heavy atom. The molecular formula is C40H45N3O8. The van der Waals surface area contributed by atoms with Crippen molar-refractivity contribution >= 4 is 46.2 Å². The van der Waals surface area contributed by atoms with E-state index in [0.29, 0.717) is 41.5 Å². The summed E-state index contributed by atoms with van der Waals surface area (Å²) in [5, 5.41) is 7.41. The van der Waals surface area contributed by atoms with Gasteiger partial charge in [0, 0.05) is 11.6 Å². The van der Waals surface area contributed by atoms with E-state index < -0.39 is 72.2 Å². The summed E-state index contributed by atoms with van der Waals surface area (Å²) in [4.78, 5) is 82.2. The fourth-order valence-corrected chi connectivity index (χ4v) is 6.67. The summed E-state index contributed by atoms with van der Waals surface area (Å²) in [7, 11) is 0. The van der Waals surface area contributed by atoms with Gasteiger partial charge >= 0.3 is 11.9 Å². The number of esters is 2. The summed E-state index contributed by atoms with van der Waals surface area (Å²) in [6.45, 7) is 7.87. The van der Waals surface area contributed by atoms with Crippen LogP contribution in [0, 0.1) is 13.8 Å². The predicted molar refractivity (Wildman–Crippen MR) is 191 cm³/mol. The molecule has 4 atom stereocenters. The largest absolute Gasteiger partial charge is 0.460 e. The molecule has 0 aliphatic carbocycles. The second kappa shape index (κ2) is 15.7. The van der Waals surface area contributed by atoms with Gasteiger partial charge in [-0.15, -0.1) is 0 Å². The number of Topliss-reactive ketones (excluding diaryl/α,β-unsaturated/α-hetero) is 1. The summed E-state index contributed by atoms with van der Waals surface area (Å²) >= 11 is 0. The van der Waals surface area contributed by atoms with Gasteiger partial charge in [-0.25, -0.2) is 4.79 Å². The number of carbonyl (C=O) groups excluding carboxylic acids is 6. The summed E-state index contributed by atoms with van der Waals surface area (Å²) in [5.41, 5.74) is 1.25. The van der Waals surface area contributed by atoms with E-state index in [4.69, 9.17) is 9.47 Å². The van der Waals surface area contributed by atoms with Gasteiger partial charge in [0.05, 0.1) is 12.0 Å². The van der Waals surface area contributed by atoms with E-state index in [0.717, 1.165) is 10.8 Å². The Labute approximate surface area is 297 Å². The van der Waals surface area contributed by atoms with Crippen molar-refractivity contribution in [2.45, 2.75) is 96.5 Å². The number of ether oxygens (including phenoxy) is 2. The molecule has 2 aliphatic heterocycles. The molecule has 11 heteroatoms. The first kappa shape index (κ1) is 36.9. The maximum atomic E-state index is 14.1. The van der Waals surface area contributed by atoms with Crippen molar-refractivity contribution < 1.29 is 38.2 Å². The van der Waals surface area contributed by atoms with Crippen LogP contribution in [0.1, 0.15) is 84.7 Å². The minimum Gasteiger partial charge on any atom is -0.460 e. The van der Waals surface area contributed by atoms with Gasteiger partial charge in [-0.2, -0.15) is 0 Å². The first-order valence-electron chi connectivity index (χ1n) is 17.3. The minimum atomic E-state index is -1.38. The van der Waals surface area contributed by atoms with Crippen LogP contribution in [0.25, 0.3) is 10.8 Å². The summed E-state index contributed by atoms with van der Waals surface area (Å²) in [5.74, 6) is -3.58. The topological polar surface area (TPSA) is 148 Å². The normalized spacial score (nSPS) is 20.0.